The van der Waals surface area contributed by atoms with Crippen molar-refractivity contribution in [1.29, 1.82) is 0 Å². The fourth-order valence-electron chi connectivity index (χ4n) is 2.44. The third kappa shape index (κ3) is 4.18. The molecule has 0 amide bonds. The van der Waals surface area contributed by atoms with E-state index in [1.54, 1.807) is 0 Å². The lowest BCUT2D eigenvalue weighted by molar-refractivity contribution is 0.120. The average Bonchev–Trinajstić information content (AvgIpc) is 2.98. The van der Waals surface area contributed by atoms with E-state index >= 15 is 0 Å². The number of hydrogen-bond donors (Lipinski definition) is 2. The first kappa shape index (κ1) is 15.2. The lowest BCUT2D eigenvalue weighted by atomic mass is 10.2. The lowest BCUT2D eigenvalue weighted by Gasteiger charge is -2.13. The summed E-state index contributed by atoms with van der Waals surface area (Å²) in [6.45, 7) is 3.57. The zero-order valence-electron chi connectivity index (χ0n) is 12.5. The van der Waals surface area contributed by atoms with Gasteiger partial charge in [0.25, 0.3) is 0 Å². The van der Waals surface area contributed by atoms with Crippen molar-refractivity contribution in [3.63, 3.8) is 0 Å². The summed E-state index contributed by atoms with van der Waals surface area (Å²) in [7, 11) is 0. The minimum Gasteiger partial charge on any atom is -0.376 e. The van der Waals surface area contributed by atoms with Gasteiger partial charge in [-0.15, -0.1) is 0 Å². The molecule has 3 rings (SSSR count). The van der Waals surface area contributed by atoms with Gasteiger partial charge in [-0.25, -0.2) is 4.98 Å². The van der Waals surface area contributed by atoms with Crippen LogP contribution in [0.5, 0.6) is 0 Å². The molecule has 0 radical (unpaired) electrons. The molecule has 1 aliphatic heterocycles. The van der Waals surface area contributed by atoms with Gasteiger partial charge in [0.1, 0.15) is 5.82 Å². The standard InChI is InChI=1S/C16H19BrN4O/c1-11-8-15(20-13-5-2-4-12(17)9-13)21-16(19-11)18-10-14-6-3-7-22-14/h2,4-5,8-9,14H,3,6-7,10H2,1H3,(H2,18,19,20,21). The molecule has 1 fully saturated rings. The predicted molar refractivity (Wildman–Crippen MR) is 91.7 cm³/mol. The largest absolute Gasteiger partial charge is 0.376 e. The second kappa shape index (κ2) is 7.07. The molecular formula is C16H19BrN4O. The minimum atomic E-state index is 0.269. The molecule has 0 bridgehead atoms. The number of aryl methyl sites for hydroxylation is 1. The van der Waals surface area contributed by atoms with Crippen molar-refractivity contribution < 1.29 is 4.74 Å². The highest BCUT2D eigenvalue weighted by molar-refractivity contribution is 9.10. The fourth-order valence-corrected chi connectivity index (χ4v) is 2.84. The molecule has 1 saturated heterocycles. The number of nitrogens with one attached hydrogen (secondary N) is 2. The van der Waals surface area contributed by atoms with Gasteiger partial charge in [-0.1, -0.05) is 22.0 Å². The molecule has 6 heteroatoms. The number of nitrogens with zero attached hydrogens (tertiary/aromatic N) is 2. The predicted octanol–water partition coefficient (Wildman–Crippen LogP) is 3.88. The van der Waals surface area contributed by atoms with E-state index in [2.05, 4.69) is 36.5 Å². The zero-order chi connectivity index (χ0) is 15.4. The Labute approximate surface area is 138 Å². The summed E-state index contributed by atoms with van der Waals surface area (Å²) in [5, 5.41) is 6.57. The molecule has 1 atom stereocenters. The molecule has 2 aromatic rings. The first-order valence-electron chi connectivity index (χ1n) is 7.43. The van der Waals surface area contributed by atoms with Crippen molar-refractivity contribution in [3.8, 4) is 0 Å². The molecule has 0 spiro atoms. The molecule has 1 aliphatic rings. The van der Waals surface area contributed by atoms with Gasteiger partial charge in [0, 0.05) is 35.1 Å². The normalized spacial score (nSPS) is 17.5. The smallest absolute Gasteiger partial charge is 0.224 e. The van der Waals surface area contributed by atoms with Gasteiger partial charge in [0.2, 0.25) is 5.95 Å². The van der Waals surface area contributed by atoms with Gasteiger partial charge in [-0.3, -0.25) is 0 Å². The molecule has 116 valence electrons. The van der Waals surface area contributed by atoms with Crippen LogP contribution < -0.4 is 10.6 Å². The van der Waals surface area contributed by atoms with Crippen LogP contribution >= 0.6 is 15.9 Å². The number of halogens is 1. The zero-order valence-corrected chi connectivity index (χ0v) is 14.1. The van der Waals surface area contributed by atoms with Crippen molar-refractivity contribution in [2.24, 2.45) is 0 Å². The van der Waals surface area contributed by atoms with E-state index in [1.807, 2.05) is 37.3 Å². The quantitative estimate of drug-likeness (QED) is 0.844. The average molecular weight is 363 g/mol. The van der Waals surface area contributed by atoms with Crippen LogP contribution in [0, 0.1) is 6.92 Å². The van der Waals surface area contributed by atoms with Gasteiger partial charge in [-0.05, 0) is 38.0 Å². The third-order valence-electron chi connectivity index (χ3n) is 3.46. The Balaban J connectivity index is 1.68. The molecule has 5 nitrogen and oxygen atoms in total. The van der Waals surface area contributed by atoms with Crippen LogP contribution in [0.15, 0.2) is 34.8 Å². The van der Waals surface area contributed by atoms with E-state index in [1.165, 1.54) is 0 Å². The SMILES string of the molecule is Cc1cc(Nc2cccc(Br)c2)nc(NCC2CCCO2)n1. The van der Waals surface area contributed by atoms with Crippen molar-refractivity contribution in [2.75, 3.05) is 23.8 Å². The van der Waals surface area contributed by atoms with Gasteiger partial charge in [0.15, 0.2) is 0 Å². The minimum absolute atomic E-state index is 0.269. The fraction of sp³-hybridized carbons (Fsp3) is 0.375. The number of ether oxygens (including phenoxy) is 1. The van der Waals surface area contributed by atoms with Crippen LogP contribution in [0.3, 0.4) is 0 Å². The monoisotopic (exact) mass is 362 g/mol. The highest BCUT2D eigenvalue weighted by Gasteiger charge is 2.15. The Morgan fingerprint density at radius 1 is 1.32 bits per heavy atom. The summed E-state index contributed by atoms with van der Waals surface area (Å²) in [5.74, 6) is 1.41. The molecule has 2 N–H and O–H groups in total. The summed E-state index contributed by atoms with van der Waals surface area (Å²) in [4.78, 5) is 8.94. The van der Waals surface area contributed by atoms with Gasteiger partial charge in [-0.2, -0.15) is 4.98 Å². The number of rotatable bonds is 5. The van der Waals surface area contributed by atoms with Crippen molar-refractivity contribution >= 4 is 33.4 Å². The number of aromatic nitrogens is 2. The van der Waals surface area contributed by atoms with Crippen LogP contribution in [0.4, 0.5) is 17.5 Å². The van der Waals surface area contributed by atoms with Crippen molar-refractivity contribution in [1.82, 2.24) is 9.97 Å². The van der Waals surface area contributed by atoms with Crippen LogP contribution in [-0.2, 0) is 4.74 Å². The van der Waals surface area contributed by atoms with Crippen LogP contribution in [0.1, 0.15) is 18.5 Å². The molecule has 1 aromatic carbocycles. The van der Waals surface area contributed by atoms with Gasteiger partial charge >= 0.3 is 0 Å². The Bertz CT molecular complexity index is 644. The van der Waals surface area contributed by atoms with E-state index in [0.717, 1.165) is 47.7 Å². The Kier molecular flexibility index (Phi) is 4.90. The maximum atomic E-state index is 5.61. The topological polar surface area (TPSA) is 59.1 Å². The molecular weight excluding hydrogens is 344 g/mol. The molecule has 22 heavy (non-hydrogen) atoms. The van der Waals surface area contributed by atoms with E-state index in [4.69, 9.17) is 4.74 Å². The number of benzene rings is 1. The Morgan fingerprint density at radius 2 is 2.23 bits per heavy atom. The first-order chi connectivity index (χ1) is 10.7. The van der Waals surface area contributed by atoms with Crippen LogP contribution in [-0.4, -0.2) is 29.2 Å². The van der Waals surface area contributed by atoms with E-state index in [0.29, 0.717) is 5.95 Å². The molecule has 0 saturated carbocycles. The Morgan fingerprint density at radius 3 is 3.00 bits per heavy atom. The highest BCUT2D eigenvalue weighted by Crippen LogP contribution is 2.20. The summed E-state index contributed by atoms with van der Waals surface area (Å²) in [6.07, 6.45) is 2.50. The maximum absolute atomic E-state index is 5.61. The summed E-state index contributed by atoms with van der Waals surface area (Å²) in [5.41, 5.74) is 1.90. The molecule has 1 unspecified atom stereocenters. The van der Waals surface area contributed by atoms with Gasteiger partial charge < -0.3 is 15.4 Å². The number of hydrogen-bond acceptors (Lipinski definition) is 5. The highest BCUT2D eigenvalue weighted by atomic mass is 79.9. The summed E-state index contributed by atoms with van der Waals surface area (Å²) in [6, 6.07) is 9.92. The maximum Gasteiger partial charge on any atom is 0.224 e. The second-order valence-electron chi connectivity index (χ2n) is 5.37. The second-order valence-corrected chi connectivity index (χ2v) is 6.29. The number of anilines is 3. The van der Waals surface area contributed by atoms with Gasteiger partial charge in [0.05, 0.1) is 6.10 Å². The van der Waals surface area contributed by atoms with Crippen molar-refractivity contribution in [3.05, 3.63) is 40.5 Å². The van der Waals surface area contributed by atoms with Crippen LogP contribution in [0.2, 0.25) is 0 Å². The lowest BCUT2D eigenvalue weighted by Crippen LogP contribution is -2.20. The third-order valence-corrected chi connectivity index (χ3v) is 3.96. The van der Waals surface area contributed by atoms with Crippen LogP contribution in [0.25, 0.3) is 0 Å². The summed E-state index contributed by atoms with van der Waals surface area (Å²) < 4.78 is 6.63. The van der Waals surface area contributed by atoms with Crippen molar-refractivity contribution in [2.45, 2.75) is 25.9 Å². The molecule has 0 aliphatic carbocycles. The summed E-state index contributed by atoms with van der Waals surface area (Å²) >= 11 is 3.47. The van der Waals surface area contributed by atoms with E-state index < -0.39 is 0 Å². The molecule has 1 aromatic heterocycles. The van der Waals surface area contributed by atoms with E-state index in [9.17, 15) is 0 Å². The first-order valence-corrected chi connectivity index (χ1v) is 8.22. The Hall–Kier alpha value is -1.66. The van der Waals surface area contributed by atoms with E-state index in [-0.39, 0.29) is 6.10 Å². The molecule has 2 heterocycles.